The van der Waals surface area contributed by atoms with Crippen molar-refractivity contribution in [2.24, 2.45) is 0 Å². The fourth-order valence-electron chi connectivity index (χ4n) is 2.70. The second-order valence-electron chi connectivity index (χ2n) is 5.14. The van der Waals surface area contributed by atoms with Gasteiger partial charge in [-0.25, -0.2) is 4.98 Å². The number of rotatable bonds is 4. The Bertz CT molecular complexity index is 972. The molecule has 0 aliphatic rings. The summed E-state index contributed by atoms with van der Waals surface area (Å²) in [4.78, 5) is 27.3. The summed E-state index contributed by atoms with van der Waals surface area (Å²) in [7, 11) is 1.45. The van der Waals surface area contributed by atoms with Crippen molar-refractivity contribution in [2.45, 2.75) is 5.92 Å². The predicted molar refractivity (Wildman–Crippen MR) is 83.6 cm³/mol. The molecule has 0 unspecified atom stereocenters. The minimum atomic E-state index is -1.95. The molecule has 0 aliphatic carbocycles. The van der Waals surface area contributed by atoms with Gasteiger partial charge in [-0.15, -0.1) is 0 Å². The number of carbonyl (C=O) groups is 2. The lowest BCUT2D eigenvalue weighted by molar-refractivity contribution is -0.326. The summed E-state index contributed by atoms with van der Waals surface area (Å²) in [5.41, 5.74) is 0.821. The average molecular weight is 344 g/mol. The van der Waals surface area contributed by atoms with Crippen molar-refractivity contribution in [3.8, 4) is 5.75 Å². The Morgan fingerprint density at radius 1 is 1.04 bits per heavy atom. The molecule has 3 aromatic rings. The number of halogens is 1. The molecule has 0 aliphatic heterocycles. The van der Waals surface area contributed by atoms with Crippen molar-refractivity contribution >= 4 is 45.3 Å². The Labute approximate surface area is 141 Å². The molecule has 24 heavy (non-hydrogen) atoms. The molecular formula is C17H10ClNO5-2. The van der Waals surface area contributed by atoms with Crippen molar-refractivity contribution in [1.29, 1.82) is 0 Å². The fraction of sp³-hybridized carbons (Fsp3) is 0.118. The van der Waals surface area contributed by atoms with Crippen molar-refractivity contribution in [3.63, 3.8) is 0 Å². The number of benzene rings is 2. The molecule has 0 saturated carbocycles. The quantitative estimate of drug-likeness (QED) is 0.508. The highest BCUT2D eigenvalue weighted by atomic mass is 35.5. The van der Waals surface area contributed by atoms with E-state index in [4.69, 9.17) is 16.3 Å². The van der Waals surface area contributed by atoms with Crippen molar-refractivity contribution in [1.82, 2.24) is 4.98 Å². The van der Waals surface area contributed by atoms with Crippen LogP contribution in [0.4, 0.5) is 0 Å². The van der Waals surface area contributed by atoms with Crippen LogP contribution in [0.1, 0.15) is 11.5 Å². The highest BCUT2D eigenvalue weighted by Gasteiger charge is 2.21. The normalized spacial score (nSPS) is 11.1. The average Bonchev–Trinajstić information content (AvgIpc) is 2.53. The lowest BCUT2D eigenvalue weighted by Crippen LogP contribution is -2.41. The first-order valence-corrected chi connectivity index (χ1v) is 7.29. The number of hydrogen-bond acceptors (Lipinski definition) is 6. The molecule has 2 aromatic carbocycles. The number of aliphatic carboxylic acids is 2. The van der Waals surface area contributed by atoms with Gasteiger partial charge >= 0.3 is 0 Å². The van der Waals surface area contributed by atoms with Crippen molar-refractivity contribution in [3.05, 3.63) is 47.0 Å². The highest BCUT2D eigenvalue weighted by Crippen LogP contribution is 2.34. The predicted octanol–water partition coefficient (Wildman–Crippen LogP) is 0.633. The molecule has 0 spiro atoms. The van der Waals surface area contributed by atoms with Gasteiger partial charge in [0.15, 0.2) is 0 Å². The lowest BCUT2D eigenvalue weighted by atomic mass is 9.91. The van der Waals surface area contributed by atoms with Crippen LogP contribution < -0.4 is 14.9 Å². The Morgan fingerprint density at radius 3 is 2.38 bits per heavy atom. The number of carboxylic acids is 2. The van der Waals surface area contributed by atoms with Crippen LogP contribution in [-0.4, -0.2) is 24.0 Å². The lowest BCUT2D eigenvalue weighted by Gasteiger charge is -2.23. The van der Waals surface area contributed by atoms with E-state index < -0.39 is 17.9 Å². The molecule has 0 radical (unpaired) electrons. The second-order valence-corrected chi connectivity index (χ2v) is 5.58. The van der Waals surface area contributed by atoms with E-state index in [1.807, 2.05) is 0 Å². The summed E-state index contributed by atoms with van der Waals surface area (Å²) >= 11 is 5.96. The molecule has 0 atom stereocenters. The van der Waals surface area contributed by atoms with E-state index in [1.54, 1.807) is 12.1 Å². The van der Waals surface area contributed by atoms with E-state index in [9.17, 15) is 19.8 Å². The topological polar surface area (TPSA) is 102 Å². The van der Waals surface area contributed by atoms with Gasteiger partial charge < -0.3 is 24.5 Å². The Hall–Kier alpha value is -2.86. The zero-order valence-corrected chi connectivity index (χ0v) is 13.2. The standard InChI is InChI=1S/C17H12ClNO5/c1-24-9-3-5-12-11(7-9)14(15(16(20)21)17(22)23)10-4-2-8(18)6-13(10)19-12/h2-7,15H,1H3,(H,20,21)(H,22,23)/p-2. The van der Waals surface area contributed by atoms with Gasteiger partial charge in [0.05, 0.1) is 36.0 Å². The molecule has 0 saturated heterocycles. The maximum absolute atomic E-state index is 11.4. The first kappa shape index (κ1) is 16.0. The van der Waals surface area contributed by atoms with Gasteiger partial charge in [-0.3, -0.25) is 0 Å². The number of carboxylic acid groups (broad SMARTS) is 2. The molecule has 6 nitrogen and oxygen atoms in total. The number of nitrogens with zero attached hydrogens (tertiary/aromatic N) is 1. The smallest absolute Gasteiger partial charge is 0.119 e. The number of aromatic nitrogens is 1. The third-order valence-electron chi connectivity index (χ3n) is 3.74. The summed E-state index contributed by atoms with van der Waals surface area (Å²) < 4.78 is 5.13. The minimum absolute atomic E-state index is 0.0329. The van der Waals surface area contributed by atoms with Crippen LogP contribution in [0.3, 0.4) is 0 Å². The van der Waals surface area contributed by atoms with Gasteiger partial charge in [0.2, 0.25) is 0 Å². The number of hydrogen-bond donors (Lipinski definition) is 0. The second kappa shape index (κ2) is 5.98. The molecular weight excluding hydrogens is 334 g/mol. The summed E-state index contributed by atoms with van der Waals surface area (Å²) in [6.45, 7) is 0. The molecule has 7 heteroatoms. The Kier molecular flexibility index (Phi) is 3.99. The van der Waals surface area contributed by atoms with Gasteiger partial charge in [0, 0.05) is 15.8 Å². The van der Waals surface area contributed by atoms with Gasteiger partial charge in [-0.05, 0) is 35.9 Å². The van der Waals surface area contributed by atoms with E-state index in [2.05, 4.69) is 4.98 Å². The molecule has 3 rings (SSSR count). The highest BCUT2D eigenvalue weighted by molar-refractivity contribution is 6.31. The summed E-state index contributed by atoms with van der Waals surface area (Å²) in [5, 5.41) is 24.0. The zero-order valence-electron chi connectivity index (χ0n) is 12.4. The number of fused-ring (bicyclic) bond motifs is 2. The van der Waals surface area contributed by atoms with Gasteiger partial charge in [-0.1, -0.05) is 17.7 Å². The van der Waals surface area contributed by atoms with E-state index in [1.165, 1.54) is 31.4 Å². The largest absolute Gasteiger partial charge is 0.549 e. The first-order valence-electron chi connectivity index (χ1n) is 6.91. The number of methoxy groups -OCH3 is 1. The van der Waals surface area contributed by atoms with Crippen molar-refractivity contribution < 1.29 is 24.5 Å². The van der Waals surface area contributed by atoms with Crippen molar-refractivity contribution in [2.75, 3.05) is 7.11 Å². The van der Waals surface area contributed by atoms with Crippen LogP contribution in [0.15, 0.2) is 36.4 Å². The monoisotopic (exact) mass is 343 g/mol. The number of pyridine rings is 1. The molecule has 122 valence electrons. The molecule has 0 fully saturated rings. The van der Waals surface area contributed by atoms with E-state index >= 15 is 0 Å². The SMILES string of the molecule is COc1ccc2nc3cc(Cl)ccc3c(C(C(=O)[O-])C(=O)[O-])c2c1. The molecule has 1 heterocycles. The first-order chi connectivity index (χ1) is 11.4. The van der Waals surface area contributed by atoms with Crippen LogP contribution in [0.25, 0.3) is 21.8 Å². The summed E-state index contributed by atoms with van der Waals surface area (Å²) in [6, 6.07) is 9.37. The van der Waals surface area contributed by atoms with E-state index in [0.29, 0.717) is 32.6 Å². The molecule has 0 amide bonds. The van der Waals surface area contributed by atoms with E-state index in [0.717, 1.165) is 0 Å². The Morgan fingerprint density at radius 2 is 1.75 bits per heavy atom. The van der Waals surface area contributed by atoms with Crippen LogP contribution in [-0.2, 0) is 9.59 Å². The van der Waals surface area contributed by atoms with Crippen LogP contribution in [0.2, 0.25) is 5.02 Å². The summed E-state index contributed by atoms with van der Waals surface area (Å²) in [5.74, 6) is -5.04. The minimum Gasteiger partial charge on any atom is -0.549 e. The van der Waals surface area contributed by atoms with Crippen LogP contribution >= 0.6 is 11.6 Å². The maximum Gasteiger partial charge on any atom is 0.119 e. The third kappa shape index (κ3) is 2.61. The van der Waals surface area contributed by atoms with Crippen LogP contribution in [0, 0.1) is 0 Å². The number of carbonyl (C=O) groups excluding carboxylic acids is 2. The summed E-state index contributed by atoms with van der Waals surface area (Å²) in [6.07, 6.45) is 0. The van der Waals surface area contributed by atoms with Crippen LogP contribution in [0.5, 0.6) is 5.75 Å². The molecule has 1 aromatic heterocycles. The van der Waals surface area contributed by atoms with E-state index in [-0.39, 0.29) is 5.56 Å². The van der Waals surface area contributed by atoms with Gasteiger partial charge in [0.1, 0.15) is 5.75 Å². The maximum atomic E-state index is 11.4. The van der Waals surface area contributed by atoms with Gasteiger partial charge in [0.25, 0.3) is 0 Å². The molecule has 0 N–H and O–H groups in total. The molecule has 0 bridgehead atoms. The number of ether oxygens (including phenoxy) is 1. The zero-order chi connectivity index (χ0) is 17.4. The Balaban J connectivity index is 2.51. The fourth-order valence-corrected chi connectivity index (χ4v) is 2.86. The van der Waals surface area contributed by atoms with Gasteiger partial charge in [-0.2, -0.15) is 0 Å². The third-order valence-corrected chi connectivity index (χ3v) is 3.98.